The first-order chi connectivity index (χ1) is 9.81. The topological polar surface area (TPSA) is 34.9 Å². The largest absolute Gasteiger partial charge is 0.296 e. The van der Waals surface area contributed by atoms with E-state index < -0.39 is 0 Å². The molecule has 0 saturated heterocycles. The normalized spacial score (nSPS) is 10.6. The maximum absolute atomic E-state index is 11.1. The van der Waals surface area contributed by atoms with Crippen LogP contribution >= 0.6 is 0 Å². The van der Waals surface area contributed by atoms with E-state index in [-0.39, 0.29) is 0 Å². The summed E-state index contributed by atoms with van der Waals surface area (Å²) in [6.07, 6.45) is 2.55. The second-order valence-corrected chi connectivity index (χ2v) is 4.61. The van der Waals surface area contributed by atoms with Crippen LogP contribution in [-0.4, -0.2) is 16.1 Å². The zero-order chi connectivity index (χ0) is 13.9. The Labute approximate surface area is 117 Å². The van der Waals surface area contributed by atoms with Gasteiger partial charge in [-0.05, 0) is 22.9 Å². The number of carbonyl (C=O) groups excluding carboxylic acids is 1. The molecule has 0 aliphatic heterocycles. The van der Waals surface area contributed by atoms with Crippen molar-refractivity contribution in [3.63, 3.8) is 0 Å². The van der Waals surface area contributed by atoms with E-state index in [1.165, 1.54) is 5.39 Å². The molecule has 0 N–H and O–H groups in total. The van der Waals surface area contributed by atoms with Gasteiger partial charge in [-0.1, -0.05) is 42.5 Å². The molecule has 0 bridgehead atoms. The molecule has 3 nitrogen and oxygen atoms in total. The summed E-state index contributed by atoms with van der Waals surface area (Å²) in [6, 6.07) is 16.2. The number of carbonyl (C=O) groups is 1. The van der Waals surface area contributed by atoms with Gasteiger partial charge in [-0.15, -0.1) is 6.58 Å². The van der Waals surface area contributed by atoms with E-state index >= 15 is 0 Å². The highest BCUT2D eigenvalue weighted by Crippen LogP contribution is 2.24. The fourth-order valence-corrected chi connectivity index (χ4v) is 2.28. The summed E-state index contributed by atoms with van der Waals surface area (Å²) >= 11 is 0. The monoisotopic (exact) mass is 262 g/mol. The van der Waals surface area contributed by atoms with E-state index in [1.807, 2.05) is 18.2 Å². The summed E-state index contributed by atoms with van der Waals surface area (Å²) in [7, 11) is 0. The third-order valence-electron chi connectivity index (χ3n) is 3.28. The molecular formula is C17H14N2O. The maximum atomic E-state index is 11.1. The molecule has 0 saturated carbocycles. The molecule has 2 aromatic carbocycles. The van der Waals surface area contributed by atoms with Crippen LogP contribution in [0.4, 0.5) is 0 Å². The number of aromatic nitrogens is 2. The molecule has 0 aliphatic rings. The van der Waals surface area contributed by atoms with E-state index in [0.717, 1.165) is 22.9 Å². The molecule has 20 heavy (non-hydrogen) atoms. The molecule has 1 heterocycles. The molecular weight excluding hydrogens is 248 g/mol. The predicted octanol–water partition coefficient (Wildman–Crippen LogP) is 3.70. The van der Waals surface area contributed by atoms with Gasteiger partial charge in [-0.2, -0.15) is 5.10 Å². The lowest BCUT2D eigenvalue weighted by molar-refractivity contribution is 0.111. The smallest absolute Gasteiger partial charge is 0.168 e. The maximum Gasteiger partial charge on any atom is 0.168 e. The van der Waals surface area contributed by atoms with E-state index in [2.05, 4.69) is 35.9 Å². The van der Waals surface area contributed by atoms with Crippen LogP contribution in [-0.2, 0) is 6.54 Å². The second-order valence-electron chi connectivity index (χ2n) is 4.61. The Morgan fingerprint density at radius 3 is 2.65 bits per heavy atom. The lowest BCUT2D eigenvalue weighted by Gasteiger charge is -2.01. The molecule has 0 amide bonds. The summed E-state index contributed by atoms with van der Waals surface area (Å²) in [5.41, 5.74) is 2.38. The van der Waals surface area contributed by atoms with Crippen LogP contribution in [0, 0.1) is 0 Å². The first kappa shape index (κ1) is 12.4. The summed E-state index contributed by atoms with van der Waals surface area (Å²) in [6.45, 7) is 4.21. The molecule has 0 spiro atoms. The molecule has 0 unspecified atom stereocenters. The SMILES string of the molecule is C=CCn1nc(-c2ccc3ccccc3c2)cc1C=O. The van der Waals surface area contributed by atoms with Crippen molar-refractivity contribution in [2.24, 2.45) is 0 Å². The predicted molar refractivity (Wildman–Crippen MR) is 80.8 cm³/mol. The quantitative estimate of drug-likeness (QED) is 0.530. The third kappa shape index (κ3) is 2.14. The first-order valence-electron chi connectivity index (χ1n) is 6.45. The molecule has 3 heteroatoms. The van der Waals surface area contributed by atoms with Crippen molar-refractivity contribution in [2.45, 2.75) is 6.54 Å². The molecule has 98 valence electrons. The van der Waals surface area contributed by atoms with E-state index in [1.54, 1.807) is 16.8 Å². The number of rotatable bonds is 4. The summed E-state index contributed by atoms with van der Waals surface area (Å²) < 4.78 is 1.66. The number of hydrogen-bond donors (Lipinski definition) is 0. The molecule has 0 radical (unpaired) electrons. The van der Waals surface area contributed by atoms with E-state index in [9.17, 15) is 4.79 Å². The lowest BCUT2D eigenvalue weighted by Crippen LogP contribution is -2.01. The van der Waals surface area contributed by atoms with Crippen LogP contribution in [0.2, 0.25) is 0 Å². The molecule has 3 rings (SSSR count). The Morgan fingerprint density at radius 1 is 1.10 bits per heavy atom. The van der Waals surface area contributed by atoms with Crippen molar-refractivity contribution in [3.05, 3.63) is 66.9 Å². The second kappa shape index (κ2) is 5.13. The summed E-state index contributed by atoms with van der Waals surface area (Å²) in [5.74, 6) is 0. The highest BCUT2D eigenvalue weighted by Gasteiger charge is 2.08. The van der Waals surface area contributed by atoms with Crippen molar-refractivity contribution in [1.29, 1.82) is 0 Å². The van der Waals surface area contributed by atoms with Gasteiger partial charge in [0, 0.05) is 5.56 Å². The number of nitrogens with zero attached hydrogens (tertiary/aromatic N) is 2. The van der Waals surface area contributed by atoms with Gasteiger partial charge in [0.05, 0.1) is 12.2 Å². The Hall–Kier alpha value is -2.68. The fourth-order valence-electron chi connectivity index (χ4n) is 2.28. The van der Waals surface area contributed by atoms with Crippen LogP contribution in [0.5, 0.6) is 0 Å². The van der Waals surface area contributed by atoms with Gasteiger partial charge in [-0.25, -0.2) is 0 Å². The number of benzene rings is 2. The zero-order valence-electron chi connectivity index (χ0n) is 11.0. The van der Waals surface area contributed by atoms with E-state index in [0.29, 0.717) is 12.2 Å². The van der Waals surface area contributed by atoms with Crippen molar-refractivity contribution in [3.8, 4) is 11.3 Å². The Kier molecular flexibility index (Phi) is 3.17. The number of fused-ring (bicyclic) bond motifs is 1. The Bertz CT molecular complexity index is 787. The van der Waals surface area contributed by atoms with Crippen molar-refractivity contribution in [2.75, 3.05) is 0 Å². The molecule has 3 aromatic rings. The number of allylic oxidation sites excluding steroid dienone is 1. The highest BCUT2D eigenvalue weighted by atomic mass is 16.1. The lowest BCUT2D eigenvalue weighted by atomic mass is 10.1. The molecule has 1 aromatic heterocycles. The minimum Gasteiger partial charge on any atom is -0.296 e. The molecule has 0 atom stereocenters. The zero-order valence-corrected chi connectivity index (χ0v) is 11.0. The molecule has 0 fully saturated rings. The minimum atomic E-state index is 0.529. The molecule has 0 aliphatic carbocycles. The minimum absolute atomic E-state index is 0.529. The Balaban J connectivity index is 2.10. The third-order valence-corrected chi connectivity index (χ3v) is 3.28. The average Bonchev–Trinajstić information content (AvgIpc) is 2.90. The summed E-state index contributed by atoms with van der Waals surface area (Å²) in [4.78, 5) is 11.1. The first-order valence-corrected chi connectivity index (χ1v) is 6.45. The van der Waals surface area contributed by atoms with Gasteiger partial charge in [0.25, 0.3) is 0 Å². The van der Waals surface area contributed by atoms with Crippen LogP contribution < -0.4 is 0 Å². The fraction of sp³-hybridized carbons (Fsp3) is 0.0588. The van der Waals surface area contributed by atoms with Gasteiger partial charge in [0.1, 0.15) is 5.69 Å². The van der Waals surface area contributed by atoms with Gasteiger partial charge in [0.2, 0.25) is 0 Å². The van der Waals surface area contributed by atoms with Crippen LogP contribution in [0.3, 0.4) is 0 Å². The average molecular weight is 262 g/mol. The van der Waals surface area contributed by atoms with E-state index in [4.69, 9.17) is 0 Å². The number of aldehydes is 1. The summed E-state index contributed by atoms with van der Waals surface area (Å²) in [5, 5.41) is 6.82. The van der Waals surface area contributed by atoms with Crippen molar-refractivity contribution >= 4 is 17.1 Å². The van der Waals surface area contributed by atoms with Gasteiger partial charge >= 0.3 is 0 Å². The van der Waals surface area contributed by atoms with Gasteiger partial charge in [-0.3, -0.25) is 9.48 Å². The Morgan fingerprint density at radius 2 is 1.90 bits per heavy atom. The van der Waals surface area contributed by atoms with Gasteiger partial charge in [0.15, 0.2) is 6.29 Å². The van der Waals surface area contributed by atoms with Crippen molar-refractivity contribution < 1.29 is 4.79 Å². The van der Waals surface area contributed by atoms with Crippen LogP contribution in [0.15, 0.2) is 61.2 Å². The van der Waals surface area contributed by atoms with Crippen molar-refractivity contribution in [1.82, 2.24) is 9.78 Å². The standard InChI is InChI=1S/C17H14N2O/c1-2-9-19-16(12-20)11-17(18-19)15-8-7-13-5-3-4-6-14(13)10-15/h2-8,10-12H,1,9H2. The highest BCUT2D eigenvalue weighted by molar-refractivity contribution is 5.87. The van der Waals surface area contributed by atoms with Gasteiger partial charge < -0.3 is 0 Å². The number of hydrogen-bond acceptors (Lipinski definition) is 2. The van der Waals surface area contributed by atoms with Crippen LogP contribution in [0.25, 0.3) is 22.0 Å². The van der Waals surface area contributed by atoms with Crippen LogP contribution in [0.1, 0.15) is 10.5 Å².